The van der Waals surface area contributed by atoms with Crippen LogP contribution in [0.2, 0.25) is 0 Å². The van der Waals surface area contributed by atoms with Gasteiger partial charge in [-0.15, -0.1) is 0 Å². The average molecular weight is 330 g/mol. The normalized spacial score (nSPS) is 23.3. The molecule has 1 rings (SSSR count). The number of amides is 2. The number of carbonyl (C=O) groups excluding carboxylic acids is 2. The molecule has 0 bridgehead atoms. The summed E-state index contributed by atoms with van der Waals surface area (Å²) in [4.78, 5) is 33.6. The highest BCUT2D eigenvalue weighted by atomic mass is 16.7. The summed E-state index contributed by atoms with van der Waals surface area (Å²) in [5, 5.41) is 43.1. The van der Waals surface area contributed by atoms with E-state index in [1.165, 1.54) is 6.92 Å². The maximum atomic E-state index is 11.3. The van der Waals surface area contributed by atoms with Crippen LogP contribution in [0, 0.1) is 0 Å². The number of aliphatic hydroxyl groups excluding tert-OH is 2. The lowest BCUT2D eigenvalue weighted by Gasteiger charge is -2.34. The lowest BCUT2D eigenvalue weighted by molar-refractivity contribution is -0.197. The highest BCUT2D eigenvalue weighted by Gasteiger charge is 2.45. The van der Waals surface area contributed by atoms with Gasteiger partial charge in [0.05, 0.1) is 6.10 Å². The first kappa shape index (κ1) is 18.5. The van der Waals surface area contributed by atoms with Crippen molar-refractivity contribution < 1.29 is 39.5 Å². The van der Waals surface area contributed by atoms with Crippen LogP contribution < -0.4 is 10.6 Å². The van der Waals surface area contributed by atoms with E-state index in [-0.39, 0.29) is 5.70 Å². The number of aliphatic carboxylic acids is 1. The van der Waals surface area contributed by atoms with Crippen LogP contribution in [0.5, 0.6) is 0 Å². The number of hydrogen-bond donors (Lipinski definition) is 6. The summed E-state index contributed by atoms with van der Waals surface area (Å²) in [7, 11) is 0. The first-order chi connectivity index (χ1) is 10.5. The molecule has 0 saturated carbocycles. The third-order valence-corrected chi connectivity index (χ3v) is 2.83. The Kier molecular flexibility index (Phi) is 5.35. The zero-order chi connectivity index (χ0) is 17.9. The summed E-state index contributed by atoms with van der Waals surface area (Å²) >= 11 is 0. The fourth-order valence-corrected chi connectivity index (χ4v) is 1.88. The number of rotatable bonds is 5. The van der Waals surface area contributed by atoms with Crippen molar-refractivity contribution in [3.05, 3.63) is 23.3 Å². The second-order valence-corrected chi connectivity index (χ2v) is 4.97. The van der Waals surface area contributed by atoms with Gasteiger partial charge in [-0.25, -0.2) is 4.79 Å². The van der Waals surface area contributed by atoms with Crippen molar-refractivity contribution in [2.45, 2.75) is 38.7 Å². The molecule has 1 aliphatic heterocycles. The molecule has 0 spiro atoms. The molecule has 3 atom stereocenters. The van der Waals surface area contributed by atoms with Gasteiger partial charge in [-0.3, -0.25) is 9.59 Å². The Bertz CT molecular complexity index is 595. The minimum absolute atomic E-state index is 0.372. The summed E-state index contributed by atoms with van der Waals surface area (Å²) in [6, 6.07) is -1.32. The highest BCUT2D eigenvalue weighted by molar-refractivity contribution is 5.80. The van der Waals surface area contributed by atoms with Gasteiger partial charge < -0.3 is 35.8 Å². The molecule has 6 N–H and O–H groups in total. The Morgan fingerprint density at radius 3 is 2.22 bits per heavy atom. The van der Waals surface area contributed by atoms with Gasteiger partial charge >= 0.3 is 11.8 Å². The van der Waals surface area contributed by atoms with E-state index >= 15 is 0 Å². The van der Waals surface area contributed by atoms with Crippen molar-refractivity contribution in [2.24, 2.45) is 0 Å². The van der Waals surface area contributed by atoms with Crippen LogP contribution in [0.25, 0.3) is 0 Å². The van der Waals surface area contributed by atoms with Crippen LogP contribution >= 0.6 is 0 Å². The third-order valence-electron chi connectivity index (χ3n) is 2.83. The lowest BCUT2D eigenvalue weighted by Crippen LogP contribution is -2.51. The van der Waals surface area contributed by atoms with Crippen LogP contribution in [-0.4, -0.2) is 56.1 Å². The molecule has 0 aromatic rings. The number of ether oxygens (including phenoxy) is 1. The largest absolute Gasteiger partial charge is 0.506 e. The Hall–Kier alpha value is -2.59. The molecule has 1 aliphatic rings. The molecule has 0 unspecified atom stereocenters. The fraction of sp³-hybridized carbons (Fsp3) is 0.462. The predicted octanol–water partition coefficient (Wildman–Crippen LogP) is -1.54. The molecular weight excluding hydrogens is 312 g/mol. The molecule has 10 heteroatoms. The lowest BCUT2D eigenvalue weighted by atomic mass is 10.0. The molecule has 0 radical (unpaired) electrons. The van der Waals surface area contributed by atoms with E-state index in [4.69, 9.17) is 9.84 Å². The van der Waals surface area contributed by atoms with Crippen LogP contribution in [0.4, 0.5) is 0 Å². The van der Waals surface area contributed by atoms with Gasteiger partial charge in [0.15, 0.2) is 5.76 Å². The first-order valence-corrected chi connectivity index (χ1v) is 6.52. The molecular formula is C13H18N2O8. The minimum Gasteiger partial charge on any atom is -0.506 e. The van der Waals surface area contributed by atoms with E-state index in [0.717, 1.165) is 13.8 Å². The standard InChI is InChI=1S/C13H18N2O8/c1-5(16)9(14-6(2)17)11-10(15-7(3)18)8(19)4-13(22,23-11)12(20)21/h4-5,9,16,19,22H,1-3H3,(H,14,17)(H,15,18)(H,20,21)/t5-,9+,13-/m0/s1. The molecule has 2 amide bonds. The zero-order valence-electron chi connectivity index (χ0n) is 12.7. The second kappa shape index (κ2) is 6.67. The zero-order valence-corrected chi connectivity index (χ0v) is 12.7. The Balaban J connectivity index is 3.46. The molecule has 0 aliphatic carbocycles. The van der Waals surface area contributed by atoms with Gasteiger partial charge in [-0.1, -0.05) is 0 Å². The maximum Gasteiger partial charge on any atom is 0.381 e. The number of aliphatic hydroxyl groups is 3. The van der Waals surface area contributed by atoms with Crippen LogP contribution in [-0.2, 0) is 19.1 Å². The van der Waals surface area contributed by atoms with Crippen molar-refractivity contribution >= 4 is 17.8 Å². The van der Waals surface area contributed by atoms with Gasteiger partial charge in [0.1, 0.15) is 17.5 Å². The van der Waals surface area contributed by atoms with Gasteiger partial charge in [0, 0.05) is 19.9 Å². The number of carbonyl (C=O) groups is 3. The minimum atomic E-state index is -2.92. The molecule has 10 nitrogen and oxygen atoms in total. The molecule has 1 heterocycles. The second-order valence-electron chi connectivity index (χ2n) is 4.97. The molecule has 128 valence electrons. The molecule has 0 saturated heterocycles. The predicted molar refractivity (Wildman–Crippen MR) is 74.5 cm³/mol. The first-order valence-electron chi connectivity index (χ1n) is 6.52. The van der Waals surface area contributed by atoms with E-state index in [9.17, 15) is 29.7 Å². The number of carboxylic acids is 1. The average Bonchev–Trinajstić information content (AvgIpc) is 2.38. The van der Waals surface area contributed by atoms with Gasteiger partial charge in [-0.2, -0.15) is 0 Å². The van der Waals surface area contributed by atoms with Crippen molar-refractivity contribution in [1.82, 2.24) is 10.6 Å². The van der Waals surface area contributed by atoms with Crippen LogP contribution in [0.15, 0.2) is 23.3 Å². The van der Waals surface area contributed by atoms with Gasteiger partial charge in [0.2, 0.25) is 11.8 Å². The molecule has 23 heavy (non-hydrogen) atoms. The maximum absolute atomic E-state index is 11.3. The van der Waals surface area contributed by atoms with Crippen molar-refractivity contribution in [1.29, 1.82) is 0 Å². The summed E-state index contributed by atoms with van der Waals surface area (Å²) in [5.41, 5.74) is -0.372. The summed E-state index contributed by atoms with van der Waals surface area (Å²) in [5.74, 6) is -7.28. The SMILES string of the molecule is CC(=O)NC1=C([C@H](NC(C)=O)[C@H](C)O)O[C@](O)(C(=O)O)C=C1O. The summed E-state index contributed by atoms with van der Waals surface area (Å²) < 4.78 is 4.95. The van der Waals surface area contributed by atoms with Crippen molar-refractivity contribution in [3.8, 4) is 0 Å². The quantitative estimate of drug-likeness (QED) is 0.353. The number of hydrogen-bond acceptors (Lipinski definition) is 7. The topological polar surface area (TPSA) is 165 Å². The molecule has 0 aromatic carbocycles. The number of carboxylic acid groups (broad SMARTS) is 1. The summed E-state index contributed by atoms with van der Waals surface area (Å²) in [6.45, 7) is 3.51. The van der Waals surface area contributed by atoms with Crippen LogP contribution in [0.3, 0.4) is 0 Å². The third kappa shape index (κ3) is 4.20. The van der Waals surface area contributed by atoms with E-state index in [2.05, 4.69) is 10.6 Å². The van der Waals surface area contributed by atoms with E-state index in [1.54, 1.807) is 0 Å². The van der Waals surface area contributed by atoms with Gasteiger partial charge in [-0.05, 0) is 6.92 Å². The smallest absolute Gasteiger partial charge is 0.381 e. The Labute approximate surface area is 131 Å². The Morgan fingerprint density at radius 2 is 1.83 bits per heavy atom. The van der Waals surface area contributed by atoms with Crippen LogP contribution in [0.1, 0.15) is 20.8 Å². The van der Waals surface area contributed by atoms with E-state index in [1.807, 2.05) is 0 Å². The van der Waals surface area contributed by atoms with E-state index < -0.39 is 47.2 Å². The molecule has 0 aromatic heterocycles. The fourth-order valence-electron chi connectivity index (χ4n) is 1.88. The van der Waals surface area contributed by atoms with Crippen molar-refractivity contribution in [3.63, 3.8) is 0 Å². The van der Waals surface area contributed by atoms with Crippen molar-refractivity contribution in [2.75, 3.05) is 0 Å². The Morgan fingerprint density at radius 1 is 1.26 bits per heavy atom. The monoisotopic (exact) mass is 330 g/mol. The number of nitrogens with one attached hydrogen (secondary N) is 2. The summed E-state index contributed by atoms with van der Waals surface area (Å²) in [6.07, 6.45) is -0.821. The highest BCUT2D eigenvalue weighted by Crippen LogP contribution is 2.30. The molecule has 0 fully saturated rings. The van der Waals surface area contributed by atoms with Gasteiger partial charge in [0.25, 0.3) is 0 Å². The van der Waals surface area contributed by atoms with E-state index in [0.29, 0.717) is 6.08 Å².